The quantitative estimate of drug-likeness (QED) is 0.673. The van der Waals surface area contributed by atoms with Gasteiger partial charge in [-0.1, -0.05) is 0 Å². The Labute approximate surface area is 112 Å². The molecular formula is C12H8ClN3O3. The molecule has 7 heteroatoms. The van der Waals surface area contributed by atoms with Gasteiger partial charge in [-0.2, -0.15) is 0 Å². The number of aromatic nitrogens is 3. The van der Waals surface area contributed by atoms with Gasteiger partial charge in [-0.05, 0) is 35.9 Å². The summed E-state index contributed by atoms with van der Waals surface area (Å²) in [5, 5.41) is 8.26. The van der Waals surface area contributed by atoms with Crippen LogP contribution in [0.2, 0.25) is 5.22 Å². The molecule has 3 heterocycles. The highest BCUT2D eigenvalue weighted by Crippen LogP contribution is 2.23. The highest BCUT2D eigenvalue weighted by molar-refractivity contribution is 6.28. The second kappa shape index (κ2) is 4.40. The monoisotopic (exact) mass is 277 g/mol. The van der Waals surface area contributed by atoms with Crippen molar-refractivity contribution in [3.05, 3.63) is 41.2 Å². The van der Waals surface area contributed by atoms with Gasteiger partial charge >= 0.3 is 5.97 Å². The molecule has 0 bridgehead atoms. The molecule has 0 amide bonds. The molecule has 0 fully saturated rings. The van der Waals surface area contributed by atoms with Gasteiger partial charge in [-0.3, -0.25) is 4.40 Å². The van der Waals surface area contributed by atoms with Crippen LogP contribution in [0, 0.1) is 0 Å². The summed E-state index contributed by atoms with van der Waals surface area (Å²) in [6, 6.07) is 6.59. The van der Waals surface area contributed by atoms with Crippen molar-refractivity contribution in [3.63, 3.8) is 0 Å². The Balaban J connectivity index is 2.18. The van der Waals surface area contributed by atoms with Gasteiger partial charge in [0, 0.05) is 6.20 Å². The van der Waals surface area contributed by atoms with E-state index in [1.807, 2.05) is 0 Å². The van der Waals surface area contributed by atoms with E-state index in [0.29, 0.717) is 22.8 Å². The van der Waals surface area contributed by atoms with Crippen LogP contribution in [-0.2, 0) is 4.74 Å². The fraction of sp³-hybridized carbons (Fsp3) is 0.0833. The van der Waals surface area contributed by atoms with E-state index in [1.165, 1.54) is 7.11 Å². The molecule has 0 aliphatic carbocycles. The number of fused-ring (bicyclic) bond motifs is 1. The lowest BCUT2D eigenvalue weighted by Gasteiger charge is -2.01. The molecule has 0 spiro atoms. The van der Waals surface area contributed by atoms with Crippen LogP contribution < -0.4 is 0 Å². The van der Waals surface area contributed by atoms with Gasteiger partial charge in [0.15, 0.2) is 16.6 Å². The molecule has 0 aliphatic heterocycles. The number of furan rings is 1. The first kappa shape index (κ1) is 11.7. The molecule has 19 heavy (non-hydrogen) atoms. The number of ether oxygens (including phenoxy) is 1. The first-order chi connectivity index (χ1) is 9.19. The zero-order valence-electron chi connectivity index (χ0n) is 9.83. The molecule has 0 saturated heterocycles. The highest BCUT2D eigenvalue weighted by Gasteiger charge is 2.14. The Morgan fingerprint density at radius 1 is 1.32 bits per heavy atom. The van der Waals surface area contributed by atoms with Gasteiger partial charge in [0.25, 0.3) is 0 Å². The third-order valence-corrected chi connectivity index (χ3v) is 2.82. The fourth-order valence-corrected chi connectivity index (χ4v) is 1.88. The first-order valence-electron chi connectivity index (χ1n) is 5.38. The van der Waals surface area contributed by atoms with Crippen LogP contribution in [-0.4, -0.2) is 27.7 Å². The molecular weight excluding hydrogens is 270 g/mol. The topological polar surface area (TPSA) is 69.6 Å². The lowest BCUT2D eigenvalue weighted by molar-refractivity contribution is 0.0600. The molecule has 0 unspecified atom stereocenters. The SMILES string of the molecule is COC(=O)c1ccc2nnc(-c3ccc(Cl)o3)n2c1. The van der Waals surface area contributed by atoms with Crippen molar-refractivity contribution in [2.75, 3.05) is 7.11 Å². The summed E-state index contributed by atoms with van der Waals surface area (Å²) < 4.78 is 11.6. The molecule has 6 nitrogen and oxygen atoms in total. The second-order valence-electron chi connectivity index (χ2n) is 3.76. The Morgan fingerprint density at radius 2 is 2.16 bits per heavy atom. The number of halogens is 1. The van der Waals surface area contributed by atoms with E-state index in [9.17, 15) is 4.79 Å². The molecule has 0 saturated carbocycles. The summed E-state index contributed by atoms with van der Waals surface area (Å²) >= 11 is 5.73. The van der Waals surface area contributed by atoms with Crippen LogP contribution in [0.15, 0.2) is 34.9 Å². The van der Waals surface area contributed by atoms with E-state index in [-0.39, 0.29) is 5.22 Å². The van der Waals surface area contributed by atoms with Crippen LogP contribution in [0.1, 0.15) is 10.4 Å². The van der Waals surface area contributed by atoms with Crippen molar-refractivity contribution >= 4 is 23.2 Å². The largest absolute Gasteiger partial charge is 0.465 e. The number of carbonyl (C=O) groups is 1. The maximum atomic E-state index is 11.5. The summed E-state index contributed by atoms with van der Waals surface area (Å²) in [6.07, 6.45) is 1.59. The van der Waals surface area contributed by atoms with Gasteiger partial charge in [0.1, 0.15) is 0 Å². The van der Waals surface area contributed by atoms with E-state index in [1.54, 1.807) is 34.9 Å². The Bertz CT molecular complexity index is 763. The Kier molecular flexibility index (Phi) is 2.72. The number of nitrogens with zero attached hydrogens (tertiary/aromatic N) is 3. The van der Waals surface area contributed by atoms with Crippen molar-refractivity contribution in [1.82, 2.24) is 14.6 Å². The van der Waals surface area contributed by atoms with Gasteiger partial charge < -0.3 is 9.15 Å². The van der Waals surface area contributed by atoms with Crippen LogP contribution in [0.4, 0.5) is 0 Å². The van der Waals surface area contributed by atoms with Crippen molar-refractivity contribution in [2.24, 2.45) is 0 Å². The van der Waals surface area contributed by atoms with Gasteiger partial charge in [-0.15, -0.1) is 10.2 Å². The average molecular weight is 278 g/mol. The van der Waals surface area contributed by atoms with Gasteiger partial charge in [-0.25, -0.2) is 4.79 Å². The van der Waals surface area contributed by atoms with Gasteiger partial charge in [0.2, 0.25) is 5.82 Å². The summed E-state index contributed by atoms with van der Waals surface area (Å²) in [7, 11) is 1.33. The number of carbonyl (C=O) groups excluding carboxylic acids is 1. The van der Waals surface area contributed by atoms with E-state index >= 15 is 0 Å². The lowest BCUT2D eigenvalue weighted by Crippen LogP contribution is -2.03. The van der Waals surface area contributed by atoms with Crippen molar-refractivity contribution in [3.8, 4) is 11.6 Å². The standard InChI is InChI=1S/C12H8ClN3O3/c1-18-12(17)7-2-5-10-14-15-11(16(10)6-7)8-3-4-9(13)19-8/h2-6H,1H3. The fourth-order valence-electron chi connectivity index (χ4n) is 1.73. The van der Waals surface area contributed by atoms with Crippen molar-refractivity contribution in [2.45, 2.75) is 0 Å². The lowest BCUT2D eigenvalue weighted by atomic mass is 10.3. The number of hydrogen-bond donors (Lipinski definition) is 0. The van der Waals surface area contributed by atoms with Crippen molar-refractivity contribution in [1.29, 1.82) is 0 Å². The summed E-state index contributed by atoms with van der Waals surface area (Å²) in [5.41, 5.74) is 0.990. The van der Waals surface area contributed by atoms with Crippen LogP contribution in [0.5, 0.6) is 0 Å². The molecule has 0 aliphatic rings. The minimum Gasteiger partial charge on any atom is -0.465 e. The number of pyridine rings is 1. The van der Waals surface area contributed by atoms with Crippen molar-refractivity contribution < 1.29 is 13.9 Å². The molecule has 0 atom stereocenters. The molecule has 3 aromatic rings. The first-order valence-corrected chi connectivity index (χ1v) is 5.75. The number of esters is 1. The van der Waals surface area contributed by atoms with Gasteiger partial charge in [0.05, 0.1) is 12.7 Å². The Hall–Kier alpha value is -2.34. The molecule has 0 N–H and O–H groups in total. The second-order valence-corrected chi connectivity index (χ2v) is 4.14. The van der Waals surface area contributed by atoms with Crippen LogP contribution in [0.25, 0.3) is 17.2 Å². The highest BCUT2D eigenvalue weighted by atomic mass is 35.5. The smallest absolute Gasteiger partial charge is 0.339 e. The third-order valence-electron chi connectivity index (χ3n) is 2.62. The molecule has 0 radical (unpaired) electrons. The summed E-state index contributed by atoms with van der Waals surface area (Å²) in [4.78, 5) is 11.5. The van der Waals surface area contributed by atoms with E-state index in [4.69, 9.17) is 16.0 Å². The predicted octanol–water partition coefficient (Wildman–Crippen LogP) is 2.43. The maximum absolute atomic E-state index is 11.5. The summed E-state index contributed by atoms with van der Waals surface area (Å²) in [5.74, 6) is 0.506. The average Bonchev–Trinajstić information content (AvgIpc) is 3.02. The van der Waals surface area contributed by atoms with E-state index in [2.05, 4.69) is 14.9 Å². The number of hydrogen-bond acceptors (Lipinski definition) is 5. The molecule has 3 rings (SSSR count). The third kappa shape index (κ3) is 1.96. The zero-order chi connectivity index (χ0) is 13.4. The number of methoxy groups -OCH3 is 1. The minimum absolute atomic E-state index is 0.260. The summed E-state index contributed by atoms with van der Waals surface area (Å²) in [6.45, 7) is 0. The molecule has 3 aromatic heterocycles. The predicted molar refractivity (Wildman–Crippen MR) is 67.0 cm³/mol. The van der Waals surface area contributed by atoms with E-state index < -0.39 is 5.97 Å². The van der Waals surface area contributed by atoms with Crippen LogP contribution in [0.3, 0.4) is 0 Å². The number of rotatable bonds is 2. The normalized spacial score (nSPS) is 10.8. The minimum atomic E-state index is -0.431. The zero-order valence-corrected chi connectivity index (χ0v) is 10.6. The van der Waals surface area contributed by atoms with E-state index in [0.717, 1.165) is 0 Å². The van der Waals surface area contributed by atoms with Crippen LogP contribution >= 0.6 is 11.6 Å². The Morgan fingerprint density at radius 3 is 2.84 bits per heavy atom. The molecule has 0 aromatic carbocycles. The molecule has 96 valence electrons. The maximum Gasteiger partial charge on any atom is 0.339 e.